The molecule has 2 rings (SSSR count). The Morgan fingerprint density at radius 1 is 1.21 bits per heavy atom. The highest BCUT2D eigenvalue weighted by Gasteiger charge is 2.20. The van der Waals surface area contributed by atoms with Crippen molar-refractivity contribution < 1.29 is 14.2 Å². The summed E-state index contributed by atoms with van der Waals surface area (Å²) in [6.45, 7) is 6.53. The van der Waals surface area contributed by atoms with E-state index in [0.29, 0.717) is 0 Å². The van der Waals surface area contributed by atoms with Gasteiger partial charge in [0.2, 0.25) is 6.79 Å². The first-order valence-corrected chi connectivity index (χ1v) is 6.98. The minimum atomic E-state index is 0.0874. The number of benzene rings is 1. The van der Waals surface area contributed by atoms with Gasteiger partial charge < -0.3 is 19.9 Å². The van der Waals surface area contributed by atoms with Crippen LogP contribution in [0.15, 0.2) is 12.1 Å². The number of hydrogen-bond donors (Lipinski definition) is 1. The standard InChI is InChI=1S/C15H23NO3/c1-4-12(5-2)19-13-8-15-14(17-9-18-15)7-11(13)6-10(3)16/h7-8,10,12H,4-6,9,16H2,1-3H3. The van der Waals surface area contributed by atoms with Crippen LogP contribution in [0.3, 0.4) is 0 Å². The number of hydrogen-bond acceptors (Lipinski definition) is 4. The molecule has 4 nitrogen and oxygen atoms in total. The number of ether oxygens (including phenoxy) is 3. The second kappa shape index (κ2) is 6.15. The van der Waals surface area contributed by atoms with Crippen molar-refractivity contribution in [2.24, 2.45) is 5.73 Å². The molecule has 0 aliphatic carbocycles. The van der Waals surface area contributed by atoms with Crippen LogP contribution in [0.4, 0.5) is 0 Å². The van der Waals surface area contributed by atoms with Crippen LogP contribution in [0.2, 0.25) is 0 Å². The molecule has 0 saturated heterocycles. The molecule has 0 radical (unpaired) electrons. The Bertz CT molecular complexity index is 428. The van der Waals surface area contributed by atoms with Crippen molar-refractivity contribution in [1.29, 1.82) is 0 Å². The fourth-order valence-electron chi connectivity index (χ4n) is 2.22. The molecule has 2 N–H and O–H groups in total. The first-order valence-electron chi connectivity index (χ1n) is 6.98. The van der Waals surface area contributed by atoms with E-state index in [-0.39, 0.29) is 18.9 Å². The van der Waals surface area contributed by atoms with Gasteiger partial charge in [0.1, 0.15) is 5.75 Å². The predicted octanol–water partition coefficient (Wildman–Crippen LogP) is 2.87. The zero-order valence-electron chi connectivity index (χ0n) is 11.9. The number of nitrogens with two attached hydrogens (primary N) is 1. The lowest BCUT2D eigenvalue weighted by Crippen LogP contribution is -2.20. The quantitative estimate of drug-likeness (QED) is 0.859. The third-order valence-corrected chi connectivity index (χ3v) is 3.30. The molecule has 0 amide bonds. The van der Waals surface area contributed by atoms with Crippen molar-refractivity contribution in [3.8, 4) is 17.2 Å². The molecule has 1 aromatic rings. The average molecular weight is 265 g/mol. The molecule has 1 aliphatic heterocycles. The molecule has 19 heavy (non-hydrogen) atoms. The SMILES string of the molecule is CCC(CC)Oc1cc2c(cc1CC(C)N)OCO2. The Morgan fingerprint density at radius 3 is 2.42 bits per heavy atom. The van der Waals surface area contributed by atoms with Gasteiger partial charge in [-0.1, -0.05) is 13.8 Å². The summed E-state index contributed by atoms with van der Waals surface area (Å²) in [7, 11) is 0. The molecule has 1 aliphatic rings. The highest BCUT2D eigenvalue weighted by molar-refractivity contribution is 5.52. The molecule has 1 atom stereocenters. The van der Waals surface area contributed by atoms with Crippen molar-refractivity contribution in [3.63, 3.8) is 0 Å². The third-order valence-electron chi connectivity index (χ3n) is 3.30. The van der Waals surface area contributed by atoms with Gasteiger partial charge in [0.15, 0.2) is 11.5 Å². The molecular formula is C15H23NO3. The number of fused-ring (bicyclic) bond motifs is 1. The summed E-state index contributed by atoms with van der Waals surface area (Å²) >= 11 is 0. The fraction of sp³-hybridized carbons (Fsp3) is 0.600. The van der Waals surface area contributed by atoms with Gasteiger partial charge in [0.25, 0.3) is 0 Å². The second-order valence-electron chi connectivity index (χ2n) is 5.05. The maximum absolute atomic E-state index is 6.08. The average Bonchev–Trinajstić information content (AvgIpc) is 2.82. The van der Waals surface area contributed by atoms with Crippen molar-refractivity contribution in [2.45, 2.75) is 52.2 Å². The van der Waals surface area contributed by atoms with Crippen LogP contribution in [-0.2, 0) is 6.42 Å². The third kappa shape index (κ3) is 3.32. The first-order chi connectivity index (χ1) is 9.13. The summed E-state index contributed by atoms with van der Waals surface area (Å²) < 4.78 is 16.9. The maximum Gasteiger partial charge on any atom is 0.231 e. The monoisotopic (exact) mass is 265 g/mol. The zero-order valence-corrected chi connectivity index (χ0v) is 11.9. The van der Waals surface area contributed by atoms with Crippen molar-refractivity contribution in [3.05, 3.63) is 17.7 Å². The summed E-state index contributed by atoms with van der Waals surface area (Å²) in [5.41, 5.74) is 7.00. The van der Waals surface area contributed by atoms with Gasteiger partial charge in [-0.3, -0.25) is 0 Å². The van der Waals surface area contributed by atoms with E-state index in [1.807, 2.05) is 19.1 Å². The summed E-state index contributed by atoms with van der Waals surface area (Å²) in [5, 5.41) is 0. The normalized spacial score (nSPS) is 14.8. The Hall–Kier alpha value is -1.42. The smallest absolute Gasteiger partial charge is 0.231 e. The Kier molecular flexibility index (Phi) is 4.53. The maximum atomic E-state index is 6.08. The van der Waals surface area contributed by atoms with E-state index >= 15 is 0 Å². The fourth-order valence-corrected chi connectivity index (χ4v) is 2.22. The van der Waals surface area contributed by atoms with Crippen LogP contribution >= 0.6 is 0 Å². The van der Waals surface area contributed by atoms with E-state index in [1.165, 1.54) is 0 Å². The zero-order chi connectivity index (χ0) is 13.8. The molecule has 4 heteroatoms. The molecule has 106 valence electrons. The molecule has 1 heterocycles. The van der Waals surface area contributed by atoms with E-state index in [2.05, 4.69) is 13.8 Å². The van der Waals surface area contributed by atoms with Gasteiger partial charge in [-0.25, -0.2) is 0 Å². The molecule has 0 bridgehead atoms. The van der Waals surface area contributed by atoms with Crippen molar-refractivity contribution in [2.75, 3.05) is 6.79 Å². The molecule has 0 fully saturated rings. The van der Waals surface area contributed by atoms with E-state index in [0.717, 1.165) is 42.1 Å². The largest absolute Gasteiger partial charge is 0.490 e. The molecule has 0 saturated carbocycles. The van der Waals surface area contributed by atoms with Crippen LogP contribution in [0, 0.1) is 0 Å². The highest BCUT2D eigenvalue weighted by Crippen LogP contribution is 2.39. The summed E-state index contributed by atoms with van der Waals surface area (Å²) in [4.78, 5) is 0. The van der Waals surface area contributed by atoms with Gasteiger partial charge in [-0.2, -0.15) is 0 Å². The minimum Gasteiger partial charge on any atom is -0.490 e. The van der Waals surface area contributed by atoms with Crippen LogP contribution in [0.5, 0.6) is 17.2 Å². The minimum absolute atomic E-state index is 0.0874. The lowest BCUT2D eigenvalue weighted by atomic mass is 10.1. The van der Waals surface area contributed by atoms with Crippen LogP contribution in [0.1, 0.15) is 39.2 Å². The Balaban J connectivity index is 2.28. The van der Waals surface area contributed by atoms with Gasteiger partial charge in [0, 0.05) is 12.1 Å². The van der Waals surface area contributed by atoms with Gasteiger partial charge in [-0.05, 0) is 37.8 Å². The van der Waals surface area contributed by atoms with Crippen LogP contribution in [0.25, 0.3) is 0 Å². The molecule has 0 aromatic heterocycles. The summed E-state index contributed by atoms with van der Waals surface area (Å²) in [6, 6.07) is 4.01. The van der Waals surface area contributed by atoms with Crippen LogP contribution in [-0.4, -0.2) is 18.9 Å². The van der Waals surface area contributed by atoms with E-state index in [9.17, 15) is 0 Å². The Morgan fingerprint density at radius 2 is 1.84 bits per heavy atom. The first kappa shape index (κ1) is 14.0. The van der Waals surface area contributed by atoms with Gasteiger partial charge >= 0.3 is 0 Å². The number of rotatable bonds is 6. The van der Waals surface area contributed by atoms with E-state index < -0.39 is 0 Å². The van der Waals surface area contributed by atoms with Crippen molar-refractivity contribution >= 4 is 0 Å². The molecule has 1 aromatic carbocycles. The summed E-state index contributed by atoms with van der Waals surface area (Å²) in [6.07, 6.45) is 2.98. The topological polar surface area (TPSA) is 53.7 Å². The van der Waals surface area contributed by atoms with Gasteiger partial charge in [0.05, 0.1) is 6.10 Å². The lowest BCUT2D eigenvalue weighted by molar-refractivity contribution is 0.173. The molecular weight excluding hydrogens is 242 g/mol. The second-order valence-corrected chi connectivity index (χ2v) is 5.05. The molecule has 1 unspecified atom stereocenters. The predicted molar refractivity (Wildman–Crippen MR) is 74.9 cm³/mol. The lowest BCUT2D eigenvalue weighted by Gasteiger charge is -2.19. The van der Waals surface area contributed by atoms with Crippen LogP contribution < -0.4 is 19.9 Å². The van der Waals surface area contributed by atoms with Crippen molar-refractivity contribution in [1.82, 2.24) is 0 Å². The Labute approximate surface area is 114 Å². The summed E-state index contributed by atoms with van der Waals surface area (Å²) in [5.74, 6) is 2.41. The van der Waals surface area contributed by atoms with E-state index in [1.54, 1.807) is 0 Å². The molecule has 0 spiro atoms. The van der Waals surface area contributed by atoms with E-state index in [4.69, 9.17) is 19.9 Å². The van der Waals surface area contributed by atoms with Gasteiger partial charge in [-0.15, -0.1) is 0 Å². The highest BCUT2D eigenvalue weighted by atomic mass is 16.7.